The van der Waals surface area contributed by atoms with Crippen molar-refractivity contribution in [3.8, 4) is 0 Å². The number of H-pyrrole nitrogens is 1. The normalized spacial score (nSPS) is 14.5. The summed E-state index contributed by atoms with van der Waals surface area (Å²) >= 11 is 0. The Morgan fingerprint density at radius 3 is 2.19 bits per heavy atom. The molecular formula is C27H40N8O7. The van der Waals surface area contributed by atoms with Crippen LogP contribution < -0.4 is 33.2 Å². The molecule has 0 aliphatic heterocycles. The number of nitrogens with two attached hydrogens (primary N) is 3. The van der Waals surface area contributed by atoms with Gasteiger partial charge in [0.15, 0.2) is 5.96 Å². The smallest absolute Gasteiger partial charge is 0.326 e. The van der Waals surface area contributed by atoms with Crippen LogP contribution in [0.2, 0.25) is 0 Å². The average molecular weight is 589 g/mol. The van der Waals surface area contributed by atoms with Crippen LogP contribution >= 0.6 is 0 Å². The quantitative estimate of drug-likeness (QED) is 0.0627. The summed E-state index contributed by atoms with van der Waals surface area (Å²) in [7, 11) is 0. The van der Waals surface area contributed by atoms with Gasteiger partial charge in [0.1, 0.15) is 18.1 Å². The van der Waals surface area contributed by atoms with Gasteiger partial charge in [-0.1, -0.05) is 38.5 Å². The molecule has 0 spiro atoms. The predicted octanol–water partition coefficient (Wildman–Crippen LogP) is -0.849. The van der Waals surface area contributed by atoms with E-state index in [0.717, 1.165) is 16.5 Å². The highest BCUT2D eigenvalue weighted by Crippen LogP contribution is 2.19. The minimum Gasteiger partial charge on any atom is -0.481 e. The standard InChI is InChI=1S/C27H40N8O7/c1-3-14(2)22(28)25(40)34-19(11-15-13-32-17-8-5-4-7-16(15)17)24(39)33-18(9-6-10-31-27(29)30)23(38)35-20(26(41)42)12-21(36)37/h4-5,7-8,13-14,18-20,22,32H,3,6,9-12,28H2,1-2H3,(H,33,39)(H,34,40)(H,35,38)(H,36,37)(H,41,42)(H4,29,30,31). The van der Waals surface area contributed by atoms with Crippen molar-refractivity contribution in [1.29, 1.82) is 0 Å². The third-order valence-electron chi connectivity index (χ3n) is 6.86. The van der Waals surface area contributed by atoms with Gasteiger partial charge in [-0.05, 0) is 30.4 Å². The number of nitrogens with zero attached hydrogens (tertiary/aromatic N) is 1. The number of guanidine groups is 1. The zero-order valence-electron chi connectivity index (χ0n) is 23.6. The first kappa shape index (κ1) is 33.5. The number of benzene rings is 1. The van der Waals surface area contributed by atoms with Crippen LogP contribution in [0.4, 0.5) is 0 Å². The molecule has 1 aromatic heterocycles. The van der Waals surface area contributed by atoms with E-state index in [1.807, 2.05) is 38.1 Å². The summed E-state index contributed by atoms with van der Waals surface area (Å²) in [6.45, 7) is 3.80. The second kappa shape index (κ2) is 16.0. The summed E-state index contributed by atoms with van der Waals surface area (Å²) in [5, 5.41) is 26.7. The number of fused-ring (bicyclic) bond motifs is 1. The monoisotopic (exact) mass is 588 g/mol. The number of aliphatic carboxylic acids is 2. The number of amides is 3. The molecule has 3 amide bonds. The average Bonchev–Trinajstić information content (AvgIpc) is 3.35. The number of carboxylic acid groups (broad SMARTS) is 2. The molecule has 2 aromatic rings. The molecule has 15 nitrogen and oxygen atoms in total. The fourth-order valence-electron chi connectivity index (χ4n) is 4.20. The van der Waals surface area contributed by atoms with E-state index in [2.05, 4.69) is 25.9 Å². The number of hydrogen-bond donors (Lipinski definition) is 9. The van der Waals surface area contributed by atoms with Gasteiger partial charge < -0.3 is 48.3 Å². The Morgan fingerprint density at radius 2 is 1.57 bits per heavy atom. The molecule has 1 heterocycles. The lowest BCUT2D eigenvalue weighted by Crippen LogP contribution is -2.58. The van der Waals surface area contributed by atoms with Gasteiger partial charge in [0.05, 0.1) is 12.5 Å². The van der Waals surface area contributed by atoms with E-state index in [4.69, 9.17) is 22.3 Å². The summed E-state index contributed by atoms with van der Waals surface area (Å²) in [6, 6.07) is 2.32. The maximum absolute atomic E-state index is 13.6. The van der Waals surface area contributed by atoms with Gasteiger partial charge in [-0.2, -0.15) is 0 Å². The summed E-state index contributed by atoms with van der Waals surface area (Å²) in [5.74, 6) is -5.53. The van der Waals surface area contributed by atoms with Crippen molar-refractivity contribution in [2.45, 2.75) is 70.1 Å². The van der Waals surface area contributed by atoms with E-state index < -0.39 is 60.2 Å². The van der Waals surface area contributed by atoms with Crippen molar-refractivity contribution in [3.05, 3.63) is 36.0 Å². The number of hydrogen-bond acceptors (Lipinski definition) is 7. The van der Waals surface area contributed by atoms with Crippen molar-refractivity contribution in [2.24, 2.45) is 28.1 Å². The Labute approximate surface area is 242 Å². The Balaban J connectivity index is 2.34. The molecule has 0 aliphatic carbocycles. The third kappa shape index (κ3) is 10.1. The first-order valence-electron chi connectivity index (χ1n) is 13.6. The molecule has 15 heteroatoms. The molecule has 0 fully saturated rings. The molecule has 0 saturated heterocycles. The van der Waals surface area contributed by atoms with E-state index >= 15 is 0 Å². The van der Waals surface area contributed by atoms with Crippen LogP contribution in [0.1, 0.15) is 45.1 Å². The number of carbonyl (C=O) groups excluding carboxylic acids is 3. The first-order chi connectivity index (χ1) is 19.8. The number of carbonyl (C=O) groups is 5. The molecule has 1 aromatic carbocycles. The van der Waals surface area contributed by atoms with E-state index in [9.17, 15) is 29.1 Å². The lowest BCUT2D eigenvalue weighted by Gasteiger charge is -2.26. The number of aromatic nitrogens is 1. The number of para-hydroxylation sites is 1. The second-order valence-electron chi connectivity index (χ2n) is 10.0. The number of aliphatic imine (C=N–C) groups is 1. The molecule has 0 bridgehead atoms. The van der Waals surface area contributed by atoms with E-state index in [1.54, 1.807) is 6.20 Å². The van der Waals surface area contributed by atoms with Gasteiger partial charge in [0.2, 0.25) is 17.7 Å². The Hall–Kier alpha value is -4.66. The molecule has 5 atom stereocenters. The lowest BCUT2D eigenvalue weighted by molar-refractivity contribution is -0.147. The van der Waals surface area contributed by atoms with Crippen LogP contribution in [0.15, 0.2) is 35.5 Å². The molecule has 0 aliphatic rings. The van der Waals surface area contributed by atoms with Crippen molar-refractivity contribution in [1.82, 2.24) is 20.9 Å². The van der Waals surface area contributed by atoms with Gasteiger partial charge in [-0.25, -0.2) is 4.79 Å². The zero-order valence-corrected chi connectivity index (χ0v) is 23.6. The third-order valence-corrected chi connectivity index (χ3v) is 6.86. The highest BCUT2D eigenvalue weighted by atomic mass is 16.4. The summed E-state index contributed by atoms with van der Waals surface area (Å²) in [4.78, 5) is 69.3. The molecule has 12 N–H and O–H groups in total. The van der Waals surface area contributed by atoms with Gasteiger partial charge in [0, 0.05) is 30.1 Å². The molecular weight excluding hydrogens is 548 g/mol. The maximum Gasteiger partial charge on any atom is 0.326 e. The first-order valence-corrected chi connectivity index (χ1v) is 13.6. The van der Waals surface area contributed by atoms with Gasteiger partial charge in [0.25, 0.3) is 0 Å². The number of carboxylic acids is 2. The van der Waals surface area contributed by atoms with E-state index in [1.165, 1.54) is 0 Å². The Kier molecular flexibility index (Phi) is 12.7. The molecule has 5 unspecified atom stereocenters. The fourth-order valence-corrected chi connectivity index (χ4v) is 4.20. The van der Waals surface area contributed by atoms with Crippen LogP contribution in [0.25, 0.3) is 10.9 Å². The largest absolute Gasteiger partial charge is 0.481 e. The summed E-state index contributed by atoms with van der Waals surface area (Å²) < 4.78 is 0. The second-order valence-corrected chi connectivity index (χ2v) is 10.0. The topological polar surface area (TPSA) is 268 Å². The zero-order chi connectivity index (χ0) is 31.4. The summed E-state index contributed by atoms with van der Waals surface area (Å²) in [6.07, 6.45) is 1.72. The minimum atomic E-state index is -1.73. The lowest BCUT2D eigenvalue weighted by atomic mass is 9.98. The molecule has 2 rings (SSSR count). The van der Waals surface area contributed by atoms with Crippen LogP contribution in [-0.4, -0.2) is 81.5 Å². The maximum atomic E-state index is 13.6. The molecule has 0 radical (unpaired) electrons. The van der Waals surface area contributed by atoms with Crippen LogP contribution in [0.5, 0.6) is 0 Å². The summed E-state index contributed by atoms with van der Waals surface area (Å²) in [5.41, 5.74) is 18.4. The van der Waals surface area contributed by atoms with Gasteiger partial charge in [-0.3, -0.25) is 24.2 Å². The fraction of sp³-hybridized carbons (Fsp3) is 0.481. The molecule has 42 heavy (non-hydrogen) atoms. The number of rotatable bonds is 17. The Morgan fingerprint density at radius 1 is 0.952 bits per heavy atom. The van der Waals surface area contributed by atoms with Crippen molar-refractivity contribution >= 4 is 46.5 Å². The van der Waals surface area contributed by atoms with Crippen LogP contribution in [0.3, 0.4) is 0 Å². The number of nitrogens with one attached hydrogen (secondary N) is 4. The minimum absolute atomic E-state index is 0.0199. The predicted molar refractivity (Wildman–Crippen MR) is 155 cm³/mol. The molecule has 230 valence electrons. The van der Waals surface area contributed by atoms with Crippen molar-refractivity contribution in [2.75, 3.05) is 6.54 Å². The van der Waals surface area contributed by atoms with E-state index in [0.29, 0.717) is 6.42 Å². The highest BCUT2D eigenvalue weighted by molar-refractivity contribution is 5.95. The van der Waals surface area contributed by atoms with E-state index in [-0.39, 0.29) is 37.7 Å². The SMILES string of the molecule is CCC(C)C(N)C(=O)NC(Cc1c[nH]c2ccccc12)C(=O)NC(CCCN=C(N)N)C(=O)NC(CC(=O)O)C(=O)O. The van der Waals surface area contributed by atoms with Gasteiger partial charge in [-0.15, -0.1) is 0 Å². The van der Waals surface area contributed by atoms with Gasteiger partial charge >= 0.3 is 11.9 Å². The van der Waals surface area contributed by atoms with Crippen LogP contribution in [0, 0.1) is 5.92 Å². The van der Waals surface area contributed by atoms with Crippen molar-refractivity contribution < 1.29 is 34.2 Å². The van der Waals surface area contributed by atoms with Crippen molar-refractivity contribution in [3.63, 3.8) is 0 Å². The van der Waals surface area contributed by atoms with Crippen LogP contribution in [-0.2, 0) is 30.4 Å². The number of aromatic amines is 1. The molecule has 0 saturated carbocycles. The Bertz CT molecular complexity index is 1290. The highest BCUT2D eigenvalue weighted by Gasteiger charge is 2.32.